The lowest BCUT2D eigenvalue weighted by Gasteiger charge is -2.04. The Kier molecular flexibility index (Phi) is 4.72. The average molecular weight is 242 g/mol. The van der Waals surface area contributed by atoms with E-state index in [0.717, 1.165) is 6.42 Å². The summed E-state index contributed by atoms with van der Waals surface area (Å²) in [6.45, 7) is 2.52. The Labute approximate surface area is 98.3 Å². The molecule has 5 nitrogen and oxygen atoms in total. The van der Waals surface area contributed by atoms with Crippen LogP contribution >= 0.6 is 11.6 Å². The summed E-state index contributed by atoms with van der Waals surface area (Å²) in [5.41, 5.74) is -0.104. The summed E-state index contributed by atoms with van der Waals surface area (Å²) in [6.07, 6.45) is 6.06. The van der Waals surface area contributed by atoms with Crippen molar-refractivity contribution in [2.75, 3.05) is 11.9 Å². The molecule has 0 atom stereocenters. The summed E-state index contributed by atoms with van der Waals surface area (Å²) in [5, 5.41) is 13.9. The predicted molar refractivity (Wildman–Crippen MR) is 63.8 cm³/mol. The van der Waals surface area contributed by atoms with Crippen LogP contribution < -0.4 is 5.32 Å². The van der Waals surface area contributed by atoms with Gasteiger partial charge in [0.25, 0.3) is 0 Å². The second kappa shape index (κ2) is 6.07. The van der Waals surface area contributed by atoms with E-state index in [1.807, 2.05) is 19.1 Å². The summed E-state index contributed by atoms with van der Waals surface area (Å²) in [5.74, 6) is 0.249. The van der Waals surface area contributed by atoms with Gasteiger partial charge in [0.05, 0.1) is 9.95 Å². The molecule has 0 fully saturated rings. The van der Waals surface area contributed by atoms with Crippen molar-refractivity contribution in [3.8, 4) is 0 Å². The molecule has 0 unspecified atom stereocenters. The molecule has 0 bridgehead atoms. The summed E-state index contributed by atoms with van der Waals surface area (Å²) in [4.78, 5) is 14.1. The van der Waals surface area contributed by atoms with Gasteiger partial charge in [0, 0.05) is 18.8 Å². The summed E-state index contributed by atoms with van der Waals surface area (Å²) >= 11 is 5.64. The number of nitrogens with zero attached hydrogens (tertiary/aromatic N) is 2. The maximum Gasteiger partial charge on any atom is 0.312 e. The number of pyridine rings is 1. The molecule has 0 radical (unpaired) electrons. The zero-order valence-electron chi connectivity index (χ0n) is 8.81. The zero-order chi connectivity index (χ0) is 12.0. The lowest BCUT2D eigenvalue weighted by Crippen LogP contribution is -2.05. The van der Waals surface area contributed by atoms with E-state index in [4.69, 9.17) is 11.6 Å². The van der Waals surface area contributed by atoms with Crippen LogP contribution in [0.25, 0.3) is 0 Å². The number of nitro groups is 1. The Hall–Kier alpha value is -1.62. The molecule has 6 heteroatoms. The van der Waals surface area contributed by atoms with E-state index in [-0.39, 0.29) is 16.5 Å². The van der Waals surface area contributed by atoms with Crippen molar-refractivity contribution >= 4 is 23.1 Å². The minimum absolute atomic E-state index is 0.104. The number of rotatable bonds is 5. The average Bonchev–Trinajstić information content (AvgIpc) is 2.26. The minimum atomic E-state index is -0.503. The summed E-state index contributed by atoms with van der Waals surface area (Å²) in [6, 6.07) is 1.28. The molecular formula is C10H12ClN3O2. The molecule has 0 aliphatic rings. The molecule has 1 heterocycles. The van der Waals surface area contributed by atoms with Gasteiger partial charge in [-0.05, 0) is 13.3 Å². The number of halogens is 1. The second-order valence-electron chi connectivity index (χ2n) is 3.06. The normalized spacial score (nSPS) is 10.6. The van der Waals surface area contributed by atoms with Crippen LogP contribution in [0.3, 0.4) is 0 Å². The van der Waals surface area contributed by atoms with Crippen molar-refractivity contribution in [3.05, 3.63) is 39.6 Å². The molecule has 0 aliphatic heterocycles. The van der Waals surface area contributed by atoms with Crippen molar-refractivity contribution in [3.63, 3.8) is 0 Å². The van der Waals surface area contributed by atoms with E-state index >= 15 is 0 Å². The highest BCUT2D eigenvalue weighted by atomic mass is 35.5. The third kappa shape index (κ3) is 3.51. The SMILES string of the molecule is C/C=C/CCNc1ncc(Cl)cc1[N+](=O)[O-]. The van der Waals surface area contributed by atoms with E-state index in [0.29, 0.717) is 6.54 Å². The summed E-state index contributed by atoms with van der Waals surface area (Å²) < 4.78 is 0. The summed E-state index contributed by atoms with van der Waals surface area (Å²) in [7, 11) is 0. The Morgan fingerprint density at radius 1 is 1.69 bits per heavy atom. The third-order valence-corrected chi connectivity index (χ3v) is 2.08. The van der Waals surface area contributed by atoms with Crippen molar-refractivity contribution < 1.29 is 4.92 Å². The van der Waals surface area contributed by atoms with Crippen molar-refractivity contribution in [2.24, 2.45) is 0 Å². The van der Waals surface area contributed by atoms with Gasteiger partial charge in [-0.1, -0.05) is 23.8 Å². The fourth-order valence-corrected chi connectivity index (χ4v) is 1.30. The van der Waals surface area contributed by atoms with Crippen LogP contribution in [0.2, 0.25) is 5.02 Å². The van der Waals surface area contributed by atoms with E-state index in [9.17, 15) is 10.1 Å². The van der Waals surface area contributed by atoms with Gasteiger partial charge < -0.3 is 5.32 Å². The smallest absolute Gasteiger partial charge is 0.312 e. The highest BCUT2D eigenvalue weighted by Gasteiger charge is 2.14. The number of hydrogen-bond donors (Lipinski definition) is 1. The predicted octanol–water partition coefficient (Wildman–Crippen LogP) is 3.02. The first-order chi connectivity index (χ1) is 7.65. The Balaban J connectivity index is 2.75. The minimum Gasteiger partial charge on any atom is -0.364 e. The van der Waals surface area contributed by atoms with Crippen molar-refractivity contribution in [1.29, 1.82) is 0 Å². The molecule has 16 heavy (non-hydrogen) atoms. The molecule has 1 aromatic rings. The first-order valence-electron chi connectivity index (χ1n) is 4.80. The highest BCUT2D eigenvalue weighted by Crippen LogP contribution is 2.24. The molecule has 1 rings (SSSR count). The van der Waals surface area contributed by atoms with Crippen molar-refractivity contribution in [1.82, 2.24) is 4.98 Å². The Morgan fingerprint density at radius 3 is 3.06 bits per heavy atom. The van der Waals surface area contributed by atoms with Crippen LogP contribution in [0.4, 0.5) is 11.5 Å². The van der Waals surface area contributed by atoms with Crippen molar-refractivity contribution in [2.45, 2.75) is 13.3 Å². The molecule has 1 N–H and O–H groups in total. The molecule has 0 amide bonds. The molecule has 86 valence electrons. The van der Waals surface area contributed by atoms with E-state index in [1.165, 1.54) is 12.3 Å². The van der Waals surface area contributed by atoms with Gasteiger partial charge in [-0.2, -0.15) is 0 Å². The first kappa shape index (κ1) is 12.4. The fraction of sp³-hybridized carbons (Fsp3) is 0.300. The van der Waals surface area contributed by atoms with Crippen LogP contribution in [-0.2, 0) is 0 Å². The molecule has 0 aliphatic carbocycles. The van der Waals surface area contributed by atoms with Crippen LogP contribution in [-0.4, -0.2) is 16.5 Å². The zero-order valence-corrected chi connectivity index (χ0v) is 9.57. The van der Waals surface area contributed by atoms with Crippen LogP contribution in [0.5, 0.6) is 0 Å². The molecule has 0 aromatic carbocycles. The number of anilines is 1. The van der Waals surface area contributed by atoms with Crippen LogP contribution in [0.15, 0.2) is 24.4 Å². The third-order valence-electron chi connectivity index (χ3n) is 1.87. The van der Waals surface area contributed by atoms with Crippen LogP contribution in [0, 0.1) is 10.1 Å². The highest BCUT2D eigenvalue weighted by molar-refractivity contribution is 6.30. The van der Waals surface area contributed by atoms with Gasteiger partial charge in [-0.3, -0.25) is 10.1 Å². The van der Waals surface area contributed by atoms with Gasteiger partial charge in [0.2, 0.25) is 5.82 Å². The molecule has 0 saturated carbocycles. The van der Waals surface area contributed by atoms with E-state index in [1.54, 1.807) is 0 Å². The molecule has 1 aromatic heterocycles. The lowest BCUT2D eigenvalue weighted by molar-refractivity contribution is -0.384. The quantitative estimate of drug-likeness (QED) is 0.372. The van der Waals surface area contributed by atoms with Gasteiger partial charge >= 0.3 is 5.69 Å². The Bertz CT molecular complexity index is 407. The lowest BCUT2D eigenvalue weighted by atomic mass is 10.3. The standard InChI is InChI=1S/C10H12ClN3O2/c1-2-3-4-5-12-10-9(14(15)16)6-8(11)7-13-10/h2-3,6-7H,4-5H2,1H3,(H,12,13)/b3-2+. The molecule has 0 spiro atoms. The molecule has 0 saturated heterocycles. The maximum atomic E-state index is 10.7. The van der Waals surface area contributed by atoms with Gasteiger partial charge in [0.1, 0.15) is 0 Å². The number of allylic oxidation sites excluding steroid dienone is 1. The topological polar surface area (TPSA) is 68.1 Å². The van der Waals surface area contributed by atoms with Crippen LogP contribution in [0.1, 0.15) is 13.3 Å². The fourth-order valence-electron chi connectivity index (χ4n) is 1.14. The van der Waals surface area contributed by atoms with Gasteiger partial charge in [0.15, 0.2) is 0 Å². The maximum absolute atomic E-state index is 10.7. The van der Waals surface area contributed by atoms with E-state index in [2.05, 4.69) is 10.3 Å². The first-order valence-corrected chi connectivity index (χ1v) is 5.18. The monoisotopic (exact) mass is 241 g/mol. The van der Waals surface area contributed by atoms with E-state index < -0.39 is 4.92 Å². The number of hydrogen-bond acceptors (Lipinski definition) is 4. The van der Waals surface area contributed by atoms with Gasteiger partial charge in [-0.25, -0.2) is 4.98 Å². The number of aromatic nitrogens is 1. The Morgan fingerprint density at radius 2 is 2.44 bits per heavy atom. The number of nitrogens with one attached hydrogen (secondary N) is 1. The largest absolute Gasteiger partial charge is 0.364 e. The molecular weight excluding hydrogens is 230 g/mol. The second-order valence-corrected chi connectivity index (χ2v) is 3.50. The van der Waals surface area contributed by atoms with Gasteiger partial charge in [-0.15, -0.1) is 0 Å².